The van der Waals surface area contributed by atoms with Crippen LogP contribution in [0.4, 0.5) is 0 Å². The molecule has 0 bridgehead atoms. The maximum absolute atomic E-state index is 11.7. The zero-order valence-electron chi connectivity index (χ0n) is 8.86. The highest BCUT2D eigenvalue weighted by Gasteiger charge is 2.35. The molecule has 0 saturated heterocycles. The van der Waals surface area contributed by atoms with Crippen molar-refractivity contribution in [2.24, 2.45) is 5.41 Å². The smallest absolute Gasteiger partial charge is 0.316 e. The van der Waals surface area contributed by atoms with E-state index in [0.717, 1.165) is 5.56 Å². The SMILES string of the molecule is CC(C)(C(=O)O)C(=O)Cc1ccccc1. The van der Waals surface area contributed by atoms with E-state index < -0.39 is 11.4 Å². The Balaban J connectivity index is 2.77. The summed E-state index contributed by atoms with van der Waals surface area (Å²) in [5, 5.41) is 8.87. The van der Waals surface area contributed by atoms with Gasteiger partial charge >= 0.3 is 5.97 Å². The lowest BCUT2D eigenvalue weighted by Crippen LogP contribution is -2.34. The standard InChI is InChI=1S/C12H14O3/c1-12(2,11(14)15)10(13)8-9-6-4-3-5-7-9/h3-7H,8H2,1-2H3,(H,14,15). The van der Waals surface area contributed by atoms with Gasteiger partial charge in [-0.1, -0.05) is 30.3 Å². The first-order valence-corrected chi connectivity index (χ1v) is 4.75. The van der Waals surface area contributed by atoms with Crippen LogP contribution in [0.1, 0.15) is 19.4 Å². The summed E-state index contributed by atoms with van der Waals surface area (Å²) < 4.78 is 0. The second-order valence-electron chi connectivity index (χ2n) is 4.02. The van der Waals surface area contributed by atoms with Crippen molar-refractivity contribution in [2.45, 2.75) is 20.3 Å². The van der Waals surface area contributed by atoms with Crippen molar-refractivity contribution in [3.05, 3.63) is 35.9 Å². The van der Waals surface area contributed by atoms with Gasteiger partial charge in [0.1, 0.15) is 5.41 Å². The molecule has 1 aromatic rings. The number of rotatable bonds is 4. The molecule has 0 amide bonds. The first-order valence-electron chi connectivity index (χ1n) is 4.75. The lowest BCUT2D eigenvalue weighted by atomic mass is 9.85. The summed E-state index contributed by atoms with van der Waals surface area (Å²) in [6.45, 7) is 2.86. The van der Waals surface area contributed by atoms with Gasteiger partial charge in [-0.15, -0.1) is 0 Å². The molecule has 1 aromatic carbocycles. The number of carbonyl (C=O) groups excluding carboxylic acids is 1. The third kappa shape index (κ3) is 2.65. The summed E-state index contributed by atoms with van der Waals surface area (Å²) in [5.41, 5.74) is -0.465. The molecule has 0 aromatic heterocycles. The van der Waals surface area contributed by atoms with Crippen LogP contribution in [0.25, 0.3) is 0 Å². The van der Waals surface area contributed by atoms with Crippen LogP contribution in [-0.4, -0.2) is 16.9 Å². The molecule has 1 rings (SSSR count). The van der Waals surface area contributed by atoms with Crippen LogP contribution in [0.15, 0.2) is 30.3 Å². The third-order valence-electron chi connectivity index (χ3n) is 2.44. The number of ketones is 1. The van der Waals surface area contributed by atoms with Gasteiger partial charge in [-0.2, -0.15) is 0 Å². The minimum absolute atomic E-state index is 0.167. The van der Waals surface area contributed by atoms with Crippen LogP contribution < -0.4 is 0 Å². The molecular formula is C12H14O3. The number of hydrogen-bond donors (Lipinski definition) is 1. The number of carbonyl (C=O) groups is 2. The van der Waals surface area contributed by atoms with Crippen LogP contribution in [0.5, 0.6) is 0 Å². The molecule has 15 heavy (non-hydrogen) atoms. The van der Waals surface area contributed by atoms with E-state index in [0.29, 0.717) is 0 Å². The maximum Gasteiger partial charge on any atom is 0.316 e. The highest BCUT2D eigenvalue weighted by molar-refractivity contribution is 6.02. The highest BCUT2D eigenvalue weighted by Crippen LogP contribution is 2.19. The van der Waals surface area contributed by atoms with E-state index in [1.807, 2.05) is 30.3 Å². The summed E-state index contributed by atoms with van der Waals surface area (Å²) >= 11 is 0. The van der Waals surface area contributed by atoms with Crippen LogP contribution in [-0.2, 0) is 16.0 Å². The Bertz CT molecular complexity index is 366. The van der Waals surface area contributed by atoms with Gasteiger partial charge in [0.05, 0.1) is 0 Å². The zero-order chi connectivity index (χ0) is 11.5. The fourth-order valence-corrected chi connectivity index (χ4v) is 1.12. The minimum Gasteiger partial charge on any atom is -0.481 e. The first-order chi connectivity index (χ1) is 6.94. The van der Waals surface area contributed by atoms with E-state index in [2.05, 4.69) is 0 Å². The van der Waals surface area contributed by atoms with Crippen molar-refractivity contribution in [2.75, 3.05) is 0 Å². The van der Waals surface area contributed by atoms with Crippen LogP contribution in [0.3, 0.4) is 0 Å². The minimum atomic E-state index is -1.31. The van der Waals surface area contributed by atoms with Crippen molar-refractivity contribution < 1.29 is 14.7 Å². The van der Waals surface area contributed by atoms with Gasteiger partial charge in [-0.05, 0) is 19.4 Å². The Morgan fingerprint density at radius 1 is 1.20 bits per heavy atom. The lowest BCUT2D eigenvalue weighted by molar-refractivity contribution is -0.152. The molecule has 0 aliphatic heterocycles. The maximum atomic E-state index is 11.7. The van der Waals surface area contributed by atoms with Gasteiger partial charge < -0.3 is 5.11 Å². The van der Waals surface area contributed by atoms with Crippen molar-refractivity contribution in [3.63, 3.8) is 0 Å². The Kier molecular flexibility index (Phi) is 3.24. The number of carboxylic acids is 1. The summed E-state index contributed by atoms with van der Waals surface area (Å²) in [6.07, 6.45) is 0.167. The third-order valence-corrected chi connectivity index (χ3v) is 2.44. The molecule has 0 aliphatic rings. The predicted octanol–water partition coefficient (Wildman–Crippen LogP) is 1.91. The number of carboxylic acid groups (broad SMARTS) is 1. The number of hydrogen-bond acceptors (Lipinski definition) is 2. The van der Waals surface area contributed by atoms with E-state index in [4.69, 9.17) is 5.11 Å². The normalized spacial score (nSPS) is 11.1. The highest BCUT2D eigenvalue weighted by atomic mass is 16.4. The van der Waals surface area contributed by atoms with E-state index in [1.165, 1.54) is 13.8 Å². The molecule has 1 N–H and O–H groups in total. The fraction of sp³-hybridized carbons (Fsp3) is 0.333. The largest absolute Gasteiger partial charge is 0.481 e. The van der Waals surface area contributed by atoms with Crippen LogP contribution >= 0.6 is 0 Å². The second kappa shape index (κ2) is 4.26. The monoisotopic (exact) mass is 206 g/mol. The van der Waals surface area contributed by atoms with Crippen LogP contribution in [0.2, 0.25) is 0 Å². The van der Waals surface area contributed by atoms with E-state index in [-0.39, 0.29) is 12.2 Å². The number of benzene rings is 1. The molecule has 0 aliphatic carbocycles. The van der Waals surface area contributed by atoms with E-state index in [9.17, 15) is 9.59 Å². The van der Waals surface area contributed by atoms with E-state index >= 15 is 0 Å². The molecule has 0 fully saturated rings. The van der Waals surface area contributed by atoms with Crippen LogP contribution in [0, 0.1) is 5.41 Å². The molecule has 80 valence electrons. The zero-order valence-corrected chi connectivity index (χ0v) is 8.86. The molecule has 0 spiro atoms. The molecule has 0 heterocycles. The molecule has 0 radical (unpaired) electrons. The van der Waals surface area contributed by atoms with E-state index in [1.54, 1.807) is 0 Å². The fourth-order valence-electron chi connectivity index (χ4n) is 1.12. The Morgan fingerprint density at radius 2 is 1.73 bits per heavy atom. The summed E-state index contributed by atoms with van der Waals surface area (Å²) in [4.78, 5) is 22.5. The molecule has 0 saturated carbocycles. The number of aliphatic carboxylic acids is 1. The average Bonchev–Trinajstić information content (AvgIpc) is 2.18. The quantitative estimate of drug-likeness (QED) is 0.765. The van der Waals surface area contributed by atoms with Crippen molar-refractivity contribution in [1.82, 2.24) is 0 Å². The summed E-state index contributed by atoms with van der Waals surface area (Å²) in [6, 6.07) is 9.15. The summed E-state index contributed by atoms with van der Waals surface area (Å²) in [7, 11) is 0. The Hall–Kier alpha value is -1.64. The van der Waals surface area contributed by atoms with Crippen molar-refractivity contribution in [1.29, 1.82) is 0 Å². The summed E-state index contributed by atoms with van der Waals surface area (Å²) in [5.74, 6) is -1.36. The topological polar surface area (TPSA) is 54.4 Å². The predicted molar refractivity (Wildman–Crippen MR) is 56.6 cm³/mol. The van der Waals surface area contributed by atoms with Crippen molar-refractivity contribution in [3.8, 4) is 0 Å². The Labute approximate surface area is 88.7 Å². The van der Waals surface area contributed by atoms with Gasteiger partial charge in [0.2, 0.25) is 0 Å². The Morgan fingerprint density at radius 3 is 2.20 bits per heavy atom. The number of Topliss-reactive ketones (excluding diaryl/α,β-unsaturated/α-hetero) is 1. The molecule has 0 unspecified atom stereocenters. The molecule has 0 atom stereocenters. The average molecular weight is 206 g/mol. The van der Waals surface area contributed by atoms with Gasteiger partial charge in [-0.3, -0.25) is 9.59 Å². The molecular weight excluding hydrogens is 192 g/mol. The second-order valence-corrected chi connectivity index (χ2v) is 4.02. The molecule has 3 nitrogen and oxygen atoms in total. The van der Waals surface area contributed by atoms with Gasteiger partial charge in [0, 0.05) is 6.42 Å². The lowest BCUT2D eigenvalue weighted by Gasteiger charge is -2.17. The van der Waals surface area contributed by atoms with Crippen molar-refractivity contribution >= 4 is 11.8 Å². The van der Waals surface area contributed by atoms with Gasteiger partial charge in [0.25, 0.3) is 0 Å². The van der Waals surface area contributed by atoms with Gasteiger partial charge in [0.15, 0.2) is 5.78 Å². The first kappa shape index (κ1) is 11.4. The molecule has 3 heteroatoms. The van der Waals surface area contributed by atoms with Gasteiger partial charge in [-0.25, -0.2) is 0 Å².